The van der Waals surface area contributed by atoms with Crippen LogP contribution in [0.5, 0.6) is 0 Å². The van der Waals surface area contributed by atoms with Crippen molar-refractivity contribution in [3.63, 3.8) is 0 Å². The molecule has 0 aliphatic carbocycles. The smallest absolute Gasteiger partial charge is 0.303 e. The van der Waals surface area contributed by atoms with E-state index in [0.29, 0.717) is 12.1 Å². The van der Waals surface area contributed by atoms with E-state index in [1.807, 2.05) is 23.6 Å². The molecule has 1 aliphatic rings. The van der Waals surface area contributed by atoms with Gasteiger partial charge in [0, 0.05) is 41.3 Å². The van der Waals surface area contributed by atoms with Gasteiger partial charge in [-0.15, -0.1) is 11.3 Å². The molecule has 0 saturated heterocycles. The predicted molar refractivity (Wildman–Crippen MR) is 121 cm³/mol. The summed E-state index contributed by atoms with van der Waals surface area (Å²) >= 11 is 1.55. The first-order valence-electron chi connectivity index (χ1n) is 10.4. The third-order valence-electron chi connectivity index (χ3n) is 6.06. The van der Waals surface area contributed by atoms with Crippen LogP contribution in [0, 0.1) is 0 Å². The van der Waals surface area contributed by atoms with Gasteiger partial charge in [-0.1, -0.05) is 42.5 Å². The number of nitrogens with zero attached hydrogens (tertiary/aromatic N) is 2. The molecule has 0 unspecified atom stereocenters. The fourth-order valence-electron chi connectivity index (χ4n) is 4.43. The zero-order valence-corrected chi connectivity index (χ0v) is 18.0. The second-order valence-electron chi connectivity index (χ2n) is 8.16. The van der Waals surface area contributed by atoms with Crippen molar-refractivity contribution in [2.45, 2.75) is 32.2 Å². The Morgan fingerprint density at radius 1 is 0.875 bits per heavy atom. The van der Waals surface area contributed by atoms with Gasteiger partial charge in [-0.25, -0.2) is 0 Å². The van der Waals surface area contributed by atoms with E-state index in [4.69, 9.17) is 0 Å². The van der Waals surface area contributed by atoms with Crippen molar-refractivity contribution in [1.29, 1.82) is 0 Å². The van der Waals surface area contributed by atoms with Crippen LogP contribution >= 0.6 is 11.3 Å². The highest BCUT2D eigenvalue weighted by Crippen LogP contribution is 2.31. The Morgan fingerprint density at radius 2 is 1.59 bits per heavy atom. The highest BCUT2D eigenvalue weighted by molar-refractivity contribution is 7.09. The summed E-state index contributed by atoms with van der Waals surface area (Å²) in [4.78, 5) is 15.8. The largest absolute Gasteiger partial charge is 0.416 e. The molecule has 0 radical (unpaired) electrons. The second kappa shape index (κ2) is 8.22. The minimum absolute atomic E-state index is 0.0523. The number of hydrogen-bond donors (Lipinski definition) is 0. The van der Waals surface area contributed by atoms with E-state index < -0.39 is 11.7 Å². The summed E-state index contributed by atoms with van der Waals surface area (Å²) in [6.07, 6.45) is -3.56. The number of aromatic nitrogens is 1. The van der Waals surface area contributed by atoms with Crippen molar-refractivity contribution >= 4 is 22.2 Å². The molecule has 5 rings (SSSR count). The van der Waals surface area contributed by atoms with Crippen molar-refractivity contribution in [2.24, 2.45) is 0 Å². The molecule has 2 aromatic carbocycles. The molecule has 164 valence electrons. The average Bonchev–Trinajstić information content (AvgIpc) is 3.27. The van der Waals surface area contributed by atoms with Crippen molar-refractivity contribution in [3.05, 3.63) is 104 Å². The van der Waals surface area contributed by atoms with Gasteiger partial charge < -0.3 is 4.57 Å². The van der Waals surface area contributed by atoms with Crippen molar-refractivity contribution in [2.75, 3.05) is 6.54 Å². The van der Waals surface area contributed by atoms with Crippen LogP contribution in [0.4, 0.5) is 13.2 Å². The predicted octanol–water partition coefficient (Wildman–Crippen LogP) is 5.69. The highest BCUT2D eigenvalue weighted by Gasteiger charge is 2.30. The topological polar surface area (TPSA) is 25.2 Å². The molecule has 1 aliphatic heterocycles. The standard InChI is InChI=1S/C25H21F3N2OS/c26-25(27,28)19-8-6-18(7-9-19)13-30-23-16-32-15-22(23)20-10-11-29(14-21(20)24(30)31)12-17-4-2-1-3-5-17/h1-9,15-16H,10-14H2. The number of pyridine rings is 1. The molecule has 4 aromatic rings. The van der Waals surface area contributed by atoms with Crippen molar-refractivity contribution in [3.8, 4) is 0 Å². The van der Waals surface area contributed by atoms with E-state index in [1.54, 1.807) is 15.9 Å². The van der Waals surface area contributed by atoms with Gasteiger partial charge in [0.2, 0.25) is 0 Å². The van der Waals surface area contributed by atoms with Crippen LogP contribution in [-0.2, 0) is 32.2 Å². The third kappa shape index (κ3) is 3.98. The molecule has 0 bridgehead atoms. The van der Waals surface area contributed by atoms with Gasteiger partial charge in [0.15, 0.2) is 0 Å². The molecular weight excluding hydrogens is 433 g/mol. The van der Waals surface area contributed by atoms with Gasteiger partial charge in [-0.05, 0) is 35.2 Å². The monoisotopic (exact) mass is 454 g/mol. The maximum atomic E-state index is 13.5. The van der Waals surface area contributed by atoms with E-state index >= 15 is 0 Å². The van der Waals surface area contributed by atoms with Gasteiger partial charge in [0.05, 0.1) is 17.6 Å². The van der Waals surface area contributed by atoms with Crippen LogP contribution in [0.25, 0.3) is 10.9 Å². The summed E-state index contributed by atoms with van der Waals surface area (Å²) in [5, 5.41) is 5.11. The van der Waals surface area contributed by atoms with E-state index in [1.165, 1.54) is 17.7 Å². The van der Waals surface area contributed by atoms with Gasteiger partial charge in [0.1, 0.15) is 0 Å². The number of rotatable bonds is 4. The Bertz CT molecular complexity index is 1310. The zero-order chi connectivity index (χ0) is 22.3. The molecular formula is C25H21F3N2OS. The summed E-state index contributed by atoms with van der Waals surface area (Å²) in [6.45, 7) is 2.48. The fraction of sp³-hybridized carbons (Fsp3) is 0.240. The summed E-state index contributed by atoms with van der Waals surface area (Å²) in [5.74, 6) is 0. The van der Waals surface area contributed by atoms with Crippen LogP contribution in [0.3, 0.4) is 0 Å². The molecule has 32 heavy (non-hydrogen) atoms. The number of fused-ring (bicyclic) bond motifs is 3. The fourth-order valence-corrected chi connectivity index (χ4v) is 5.28. The molecule has 3 heterocycles. The number of alkyl halides is 3. The molecule has 0 N–H and O–H groups in total. The van der Waals surface area contributed by atoms with Crippen LogP contribution in [0.1, 0.15) is 27.8 Å². The molecule has 0 atom stereocenters. The summed E-state index contributed by atoms with van der Waals surface area (Å²) in [7, 11) is 0. The van der Waals surface area contributed by atoms with E-state index in [-0.39, 0.29) is 12.1 Å². The minimum Gasteiger partial charge on any atom is -0.303 e. The molecule has 0 fully saturated rings. The first-order chi connectivity index (χ1) is 15.4. The van der Waals surface area contributed by atoms with Crippen LogP contribution in [0.15, 0.2) is 70.2 Å². The van der Waals surface area contributed by atoms with Gasteiger partial charge >= 0.3 is 6.18 Å². The Morgan fingerprint density at radius 3 is 2.31 bits per heavy atom. The first-order valence-corrected chi connectivity index (χ1v) is 11.4. The minimum atomic E-state index is -4.37. The zero-order valence-electron chi connectivity index (χ0n) is 17.2. The molecule has 2 aromatic heterocycles. The molecule has 3 nitrogen and oxygen atoms in total. The normalized spacial score (nSPS) is 14.6. The highest BCUT2D eigenvalue weighted by atomic mass is 32.1. The first kappa shape index (κ1) is 21.0. The van der Waals surface area contributed by atoms with Crippen LogP contribution < -0.4 is 5.56 Å². The molecule has 0 amide bonds. The van der Waals surface area contributed by atoms with E-state index in [0.717, 1.165) is 53.7 Å². The van der Waals surface area contributed by atoms with Gasteiger partial charge in [-0.2, -0.15) is 13.2 Å². The van der Waals surface area contributed by atoms with Crippen molar-refractivity contribution in [1.82, 2.24) is 9.47 Å². The maximum absolute atomic E-state index is 13.5. The molecule has 7 heteroatoms. The maximum Gasteiger partial charge on any atom is 0.416 e. The Kier molecular flexibility index (Phi) is 5.39. The summed E-state index contributed by atoms with van der Waals surface area (Å²) < 4.78 is 40.4. The molecule has 0 saturated carbocycles. The Balaban J connectivity index is 1.49. The quantitative estimate of drug-likeness (QED) is 0.396. The van der Waals surface area contributed by atoms with Gasteiger partial charge in [0.25, 0.3) is 5.56 Å². The lowest BCUT2D eigenvalue weighted by atomic mass is 9.97. The lowest BCUT2D eigenvalue weighted by molar-refractivity contribution is -0.137. The van der Waals surface area contributed by atoms with Crippen LogP contribution in [0.2, 0.25) is 0 Å². The summed E-state index contributed by atoms with van der Waals surface area (Å²) in [6, 6.07) is 15.2. The average molecular weight is 455 g/mol. The second-order valence-corrected chi connectivity index (χ2v) is 8.90. The lowest BCUT2D eigenvalue weighted by Gasteiger charge is -2.29. The number of benzene rings is 2. The molecule has 0 spiro atoms. The lowest BCUT2D eigenvalue weighted by Crippen LogP contribution is -2.37. The third-order valence-corrected chi connectivity index (χ3v) is 6.79. The number of thiophene rings is 1. The van der Waals surface area contributed by atoms with Crippen LogP contribution in [-0.4, -0.2) is 16.0 Å². The number of hydrogen-bond acceptors (Lipinski definition) is 3. The summed E-state index contributed by atoms with van der Waals surface area (Å²) in [5.41, 5.74) is 3.90. The van der Waals surface area contributed by atoms with Crippen molar-refractivity contribution < 1.29 is 13.2 Å². The van der Waals surface area contributed by atoms with E-state index in [2.05, 4.69) is 22.4 Å². The number of halogens is 3. The van der Waals surface area contributed by atoms with Gasteiger partial charge in [-0.3, -0.25) is 9.69 Å². The Hall–Kier alpha value is -2.90. The van der Waals surface area contributed by atoms with E-state index in [9.17, 15) is 18.0 Å². The SMILES string of the molecule is O=c1c2c(c3cscc3n1Cc1ccc(C(F)(F)F)cc1)CCN(Cc1ccccc1)C2. The Labute approximate surface area is 187 Å².